The van der Waals surface area contributed by atoms with E-state index in [2.05, 4.69) is 32.4 Å². The average Bonchev–Trinajstić information content (AvgIpc) is 3.01. The van der Waals surface area contributed by atoms with E-state index in [0.29, 0.717) is 29.9 Å². The van der Waals surface area contributed by atoms with Crippen molar-refractivity contribution in [2.24, 2.45) is 0 Å². The van der Waals surface area contributed by atoms with Crippen molar-refractivity contribution >= 4 is 0 Å². The lowest BCUT2D eigenvalue weighted by molar-refractivity contribution is 0.341. The summed E-state index contributed by atoms with van der Waals surface area (Å²) in [6.07, 6.45) is 7.93. The molecule has 0 saturated carbocycles. The molecule has 1 unspecified atom stereocenters. The Kier molecular flexibility index (Phi) is 2.92. The molecule has 2 heterocycles. The summed E-state index contributed by atoms with van der Waals surface area (Å²) in [4.78, 5) is 8.52. The van der Waals surface area contributed by atoms with Gasteiger partial charge in [0, 0.05) is 12.8 Å². The summed E-state index contributed by atoms with van der Waals surface area (Å²) in [6, 6.07) is 0. The maximum absolute atomic E-state index is 5.30. The molecule has 3 rings (SSSR count). The second-order valence-corrected chi connectivity index (χ2v) is 4.44. The average molecular weight is 246 g/mol. The number of hydrogen-bond acceptors (Lipinski definition) is 6. The second kappa shape index (κ2) is 4.72. The van der Waals surface area contributed by atoms with Crippen LogP contribution in [0.15, 0.2) is 21.2 Å². The van der Waals surface area contributed by atoms with Gasteiger partial charge in [-0.25, -0.2) is 0 Å². The summed E-state index contributed by atoms with van der Waals surface area (Å²) in [5.41, 5.74) is 0. The zero-order valence-corrected chi connectivity index (χ0v) is 10.2. The van der Waals surface area contributed by atoms with E-state index in [1.54, 1.807) is 6.92 Å². The van der Waals surface area contributed by atoms with Crippen molar-refractivity contribution in [1.29, 1.82) is 0 Å². The fourth-order valence-corrected chi connectivity index (χ4v) is 2.08. The van der Waals surface area contributed by atoms with Crippen LogP contribution >= 0.6 is 0 Å². The largest absolute Gasteiger partial charge is 0.340 e. The van der Waals surface area contributed by atoms with Gasteiger partial charge in [0.1, 0.15) is 0 Å². The van der Waals surface area contributed by atoms with Crippen LogP contribution in [0.4, 0.5) is 0 Å². The molecule has 18 heavy (non-hydrogen) atoms. The van der Waals surface area contributed by atoms with Crippen molar-refractivity contribution in [3.05, 3.63) is 35.6 Å². The number of rotatable bonds is 3. The van der Waals surface area contributed by atoms with Gasteiger partial charge in [0.15, 0.2) is 11.6 Å². The number of nitrogens with zero attached hydrogens (tertiary/aromatic N) is 4. The van der Waals surface area contributed by atoms with E-state index in [0.717, 1.165) is 25.2 Å². The Balaban J connectivity index is 1.71. The highest BCUT2D eigenvalue weighted by atomic mass is 16.5. The van der Waals surface area contributed by atoms with Crippen molar-refractivity contribution in [3.63, 3.8) is 0 Å². The van der Waals surface area contributed by atoms with Gasteiger partial charge in [-0.15, -0.1) is 0 Å². The maximum Gasteiger partial charge on any atom is 0.230 e. The molecule has 1 aliphatic carbocycles. The summed E-state index contributed by atoms with van der Waals surface area (Å²) in [6.45, 7) is 1.76. The van der Waals surface area contributed by atoms with Gasteiger partial charge in [0.05, 0.1) is 6.42 Å². The molecule has 0 amide bonds. The summed E-state index contributed by atoms with van der Waals surface area (Å²) >= 11 is 0. The fraction of sp³-hybridized carbons (Fsp3) is 0.500. The van der Waals surface area contributed by atoms with Gasteiger partial charge in [-0.2, -0.15) is 9.97 Å². The normalized spacial score (nSPS) is 19.3. The molecule has 6 heteroatoms. The number of aromatic nitrogens is 4. The first-order valence-electron chi connectivity index (χ1n) is 6.08. The number of allylic oxidation sites excluding steroid dienone is 2. The minimum Gasteiger partial charge on any atom is -0.340 e. The molecule has 0 aliphatic heterocycles. The third-order valence-corrected chi connectivity index (χ3v) is 2.99. The summed E-state index contributed by atoms with van der Waals surface area (Å²) in [7, 11) is 0. The zero-order valence-electron chi connectivity index (χ0n) is 10.2. The molecule has 2 aromatic heterocycles. The monoisotopic (exact) mass is 246 g/mol. The highest BCUT2D eigenvalue weighted by molar-refractivity contribution is 5.04. The highest BCUT2D eigenvalue weighted by Crippen LogP contribution is 2.27. The van der Waals surface area contributed by atoms with Crippen molar-refractivity contribution in [3.8, 4) is 0 Å². The number of hydrogen-bond donors (Lipinski definition) is 0. The molecular weight excluding hydrogens is 232 g/mol. The Morgan fingerprint density at radius 3 is 2.72 bits per heavy atom. The highest BCUT2D eigenvalue weighted by Gasteiger charge is 2.20. The Hall–Kier alpha value is -1.98. The molecule has 0 saturated heterocycles. The Labute approximate surface area is 104 Å². The molecule has 0 aromatic carbocycles. The van der Waals surface area contributed by atoms with Crippen LogP contribution < -0.4 is 0 Å². The van der Waals surface area contributed by atoms with Crippen molar-refractivity contribution in [2.45, 2.75) is 38.5 Å². The predicted molar refractivity (Wildman–Crippen MR) is 61.9 cm³/mol. The van der Waals surface area contributed by atoms with E-state index in [9.17, 15) is 0 Å². The van der Waals surface area contributed by atoms with Gasteiger partial charge < -0.3 is 9.05 Å². The molecule has 0 N–H and O–H groups in total. The van der Waals surface area contributed by atoms with Gasteiger partial charge in [0.25, 0.3) is 0 Å². The Bertz CT molecular complexity index is 558. The molecule has 0 radical (unpaired) electrons. The molecule has 94 valence electrons. The Morgan fingerprint density at radius 2 is 2.00 bits per heavy atom. The van der Waals surface area contributed by atoms with Gasteiger partial charge in [0.2, 0.25) is 11.8 Å². The van der Waals surface area contributed by atoms with Crippen LogP contribution in [0.5, 0.6) is 0 Å². The zero-order chi connectivity index (χ0) is 12.4. The lowest BCUT2D eigenvalue weighted by atomic mass is 9.94. The van der Waals surface area contributed by atoms with E-state index in [1.807, 2.05) is 0 Å². The first-order valence-corrected chi connectivity index (χ1v) is 6.08. The number of aryl methyl sites for hydroxylation is 1. The topological polar surface area (TPSA) is 77.8 Å². The van der Waals surface area contributed by atoms with Crippen molar-refractivity contribution < 1.29 is 9.05 Å². The summed E-state index contributed by atoms with van der Waals surface area (Å²) < 4.78 is 10.2. The standard InChI is InChI=1S/C12H14N4O2/c1-8-13-10(15-17-8)7-11-14-12(18-16-11)9-5-3-2-4-6-9/h2-3,9H,4-7H2,1H3. The van der Waals surface area contributed by atoms with Crippen LogP contribution in [-0.4, -0.2) is 20.3 Å². The third kappa shape index (κ3) is 2.32. The van der Waals surface area contributed by atoms with E-state index >= 15 is 0 Å². The maximum atomic E-state index is 5.30. The van der Waals surface area contributed by atoms with Crippen LogP contribution in [0.2, 0.25) is 0 Å². The molecular formula is C12H14N4O2. The summed E-state index contributed by atoms with van der Waals surface area (Å²) in [5, 5.41) is 7.78. The van der Waals surface area contributed by atoms with Gasteiger partial charge in [-0.1, -0.05) is 22.5 Å². The van der Waals surface area contributed by atoms with E-state index in [1.165, 1.54) is 0 Å². The molecule has 6 nitrogen and oxygen atoms in total. The lowest BCUT2D eigenvalue weighted by Gasteiger charge is -2.12. The minimum absolute atomic E-state index is 0.350. The van der Waals surface area contributed by atoms with Crippen LogP contribution in [0.25, 0.3) is 0 Å². The molecule has 2 aromatic rings. The Morgan fingerprint density at radius 1 is 1.17 bits per heavy atom. The van der Waals surface area contributed by atoms with Gasteiger partial charge >= 0.3 is 0 Å². The third-order valence-electron chi connectivity index (χ3n) is 2.99. The van der Waals surface area contributed by atoms with E-state index in [-0.39, 0.29) is 0 Å². The van der Waals surface area contributed by atoms with Crippen LogP contribution in [0.3, 0.4) is 0 Å². The molecule has 1 atom stereocenters. The van der Waals surface area contributed by atoms with Gasteiger partial charge in [-0.3, -0.25) is 0 Å². The van der Waals surface area contributed by atoms with Crippen molar-refractivity contribution in [1.82, 2.24) is 20.3 Å². The molecule has 0 bridgehead atoms. The van der Waals surface area contributed by atoms with Gasteiger partial charge in [-0.05, 0) is 19.3 Å². The van der Waals surface area contributed by atoms with Crippen LogP contribution in [-0.2, 0) is 6.42 Å². The fourth-order valence-electron chi connectivity index (χ4n) is 2.08. The summed E-state index contributed by atoms with van der Waals surface area (Å²) in [5.74, 6) is 2.81. The predicted octanol–water partition coefficient (Wildman–Crippen LogP) is 2.18. The first-order chi connectivity index (χ1) is 8.81. The van der Waals surface area contributed by atoms with Crippen LogP contribution in [0, 0.1) is 6.92 Å². The molecule has 0 spiro atoms. The first kappa shape index (κ1) is 11.1. The SMILES string of the molecule is Cc1nc(Cc2noc(C3CC=CCC3)n2)no1. The second-order valence-electron chi connectivity index (χ2n) is 4.44. The van der Waals surface area contributed by atoms with Crippen molar-refractivity contribution in [2.75, 3.05) is 0 Å². The molecule has 0 fully saturated rings. The van der Waals surface area contributed by atoms with Crippen LogP contribution in [0.1, 0.15) is 48.6 Å². The lowest BCUT2D eigenvalue weighted by Crippen LogP contribution is -2.01. The quantitative estimate of drug-likeness (QED) is 0.772. The van der Waals surface area contributed by atoms with E-state index in [4.69, 9.17) is 9.05 Å². The van der Waals surface area contributed by atoms with E-state index < -0.39 is 0 Å². The smallest absolute Gasteiger partial charge is 0.230 e. The molecule has 1 aliphatic rings. The minimum atomic E-state index is 0.350.